The maximum Gasteiger partial charge on any atom is 0.231 e. The van der Waals surface area contributed by atoms with Crippen LogP contribution in [-0.2, 0) is 6.42 Å². The quantitative estimate of drug-likeness (QED) is 0.846. The Bertz CT molecular complexity index is 734. The maximum atomic E-state index is 5.47. The van der Waals surface area contributed by atoms with Crippen molar-refractivity contribution < 1.29 is 9.47 Å². The Morgan fingerprint density at radius 3 is 2.71 bits per heavy atom. The van der Waals surface area contributed by atoms with Crippen molar-refractivity contribution in [1.29, 1.82) is 0 Å². The van der Waals surface area contributed by atoms with Crippen molar-refractivity contribution in [1.82, 2.24) is 14.7 Å². The lowest BCUT2D eigenvalue weighted by atomic mass is 9.98. The van der Waals surface area contributed by atoms with Gasteiger partial charge in [-0.15, -0.1) is 0 Å². The van der Waals surface area contributed by atoms with Crippen molar-refractivity contribution in [3.63, 3.8) is 0 Å². The lowest BCUT2D eigenvalue weighted by Crippen LogP contribution is -2.49. The van der Waals surface area contributed by atoms with Crippen LogP contribution >= 0.6 is 0 Å². The average Bonchev–Trinajstić information content (AvgIpc) is 3.08. The first-order valence-electron chi connectivity index (χ1n) is 8.72. The summed E-state index contributed by atoms with van der Waals surface area (Å²) in [4.78, 5) is 2.53. The molecule has 0 saturated carbocycles. The van der Waals surface area contributed by atoms with E-state index < -0.39 is 0 Å². The van der Waals surface area contributed by atoms with Crippen molar-refractivity contribution in [3.05, 3.63) is 41.2 Å². The lowest BCUT2D eigenvalue weighted by Gasteiger charge is -2.41. The van der Waals surface area contributed by atoms with Crippen molar-refractivity contribution in [2.75, 3.05) is 26.4 Å². The predicted octanol–water partition coefficient (Wildman–Crippen LogP) is 2.96. The molecule has 0 unspecified atom stereocenters. The zero-order chi connectivity index (χ0) is 16.7. The van der Waals surface area contributed by atoms with Gasteiger partial charge in [0.05, 0.1) is 11.7 Å². The summed E-state index contributed by atoms with van der Waals surface area (Å²) >= 11 is 0. The van der Waals surface area contributed by atoms with Gasteiger partial charge in [0.15, 0.2) is 11.5 Å². The molecule has 128 valence electrons. The number of hydrogen-bond acceptors (Lipinski definition) is 4. The molecule has 1 atom stereocenters. The lowest BCUT2D eigenvalue weighted by molar-refractivity contribution is 0.0818. The van der Waals surface area contributed by atoms with E-state index in [0.29, 0.717) is 18.8 Å². The van der Waals surface area contributed by atoms with Gasteiger partial charge in [0.2, 0.25) is 6.79 Å². The maximum absolute atomic E-state index is 5.47. The smallest absolute Gasteiger partial charge is 0.231 e. The number of ether oxygens (including phenoxy) is 2. The fourth-order valence-electron chi connectivity index (χ4n) is 3.84. The Kier molecular flexibility index (Phi) is 3.96. The summed E-state index contributed by atoms with van der Waals surface area (Å²) in [6, 6.07) is 8.99. The third-order valence-corrected chi connectivity index (χ3v) is 4.92. The molecule has 4 rings (SSSR count). The molecule has 1 saturated heterocycles. The number of rotatable bonds is 5. The summed E-state index contributed by atoms with van der Waals surface area (Å²) in [6.45, 7) is 10.2. The molecule has 0 radical (unpaired) electrons. The van der Waals surface area contributed by atoms with Gasteiger partial charge in [-0.3, -0.25) is 9.58 Å². The Hall–Kier alpha value is -2.01. The number of aromatic nitrogens is 2. The molecule has 5 nitrogen and oxygen atoms in total. The van der Waals surface area contributed by atoms with Gasteiger partial charge in [-0.05, 0) is 49.9 Å². The predicted molar refractivity (Wildman–Crippen MR) is 92.6 cm³/mol. The molecule has 0 spiro atoms. The molecule has 24 heavy (non-hydrogen) atoms. The van der Waals surface area contributed by atoms with E-state index in [9.17, 15) is 0 Å². The summed E-state index contributed by atoms with van der Waals surface area (Å²) in [6.07, 6.45) is 1.07. The Morgan fingerprint density at radius 1 is 1.17 bits per heavy atom. The third-order valence-electron chi connectivity index (χ3n) is 4.92. The number of likely N-dealkylation sites (tertiary alicyclic amines) is 1. The van der Waals surface area contributed by atoms with E-state index in [1.807, 2.05) is 6.07 Å². The first-order chi connectivity index (χ1) is 11.6. The third kappa shape index (κ3) is 3.00. The van der Waals surface area contributed by atoms with Crippen LogP contribution in [0.4, 0.5) is 0 Å². The summed E-state index contributed by atoms with van der Waals surface area (Å²) in [5.74, 6) is 2.36. The molecular formula is C19H25N3O2. The molecule has 0 amide bonds. The monoisotopic (exact) mass is 327 g/mol. The van der Waals surface area contributed by atoms with Crippen molar-refractivity contribution in [2.24, 2.45) is 5.92 Å². The van der Waals surface area contributed by atoms with Crippen LogP contribution < -0.4 is 9.47 Å². The van der Waals surface area contributed by atoms with Gasteiger partial charge in [-0.1, -0.05) is 13.0 Å². The van der Waals surface area contributed by atoms with Gasteiger partial charge in [-0.25, -0.2) is 0 Å². The number of fused-ring (bicyclic) bond motifs is 1. The van der Waals surface area contributed by atoms with Gasteiger partial charge < -0.3 is 9.47 Å². The Labute approximate surface area is 143 Å². The molecule has 5 heteroatoms. The molecule has 2 aliphatic heterocycles. The van der Waals surface area contributed by atoms with Crippen LogP contribution in [0.15, 0.2) is 24.3 Å². The second-order valence-electron chi connectivity index (χ2n) is 7.24. The largest absolute Gasteiger partial charge is 0.454 e. The van der Waals surface area contributed by atoms with Crippen LogP contribution in [0.25, 0.3) is 0 Å². The Balaban J connectivity index is 1.28. The van der Waals surface area contributed by atoms with E-state index in [2.05, 4.69) is 53.7 Å². The van der Waals surface area contributed by atoms with Gasteiger partial charge >= 0.3 is 0 Å². The average molecular weight is 327 g/mol. The number of aryl methyl sites for hydroxylation is 2. The zero-order valence-electron chi connectivity index (χ0n) is 14.7. The highest BCUT2D eigenvalue weighted by Gasteiger charge is 2.30. The molecular weight excluding hydrogens is 302 g/mol. The molecule has 3 heterocycles. The molecule has 0 bridgehead atoms. The van der Waals surface area contributed by atoms with Gasteiger partial charge in [0, 0.05) is 25.3 Å². The summed E-state index contributed by atoms with van der Waals surface area (Å²) in [5.41, 5.74) is 3.70. The summed E-state index contributed by atoms with van der Waals surface area (Å²) in [7, 11) is 0. The minimum atomic E-state index is 0.343. The van der Waals surface area contributed by atoms with Crippen LogP contribution in [0.1, 0.15) is 29.9 Å². The zero-order valence-corrected chi connectivity index (χ0v) is 14.7. The normalized spacial score (nSPS) is 18.6. The second kappa shape index (κ2) is 6.13. The van der Waals surface area contributed by atoms with E-state index in [-0.39, 0.29) is 0 Å². The van der Waals surface area contributed by atoms with Gasteiger partial charge in [-0.2, -0.15) is 5.10 Å². The topological polar surface area (TPSA) is 39.5 Å². The van der Waals surface area contributed by atoms with Crippen molar-refractivity contribution in [3.8, 4) is 11.5 Å². The summed E-state index contributed by atoms with van der Waals surface area (Å²) < 4.78 is 13.0. The molecule has 2 aromatic rings. The SMILES string of the molecule is Cc1cc(C)n(C2CN(C[C@@H](C)Cc3ccc4c(c3)OCO4)C2)n1. The fourth-order valence-corrected chi connectivity index (χ4v) is 3.84. The molecule has 1 aromatic heterocycles. The molecule has 0 aliphatic carbocycles. The molecule has 1 fully saturated rings. The van der Waals surface area contributed by atoms with Gasteiger partial charge in [0.1, 0.15) is 0 Å². The van der Waals surface area contributed by atoms with Crippen LogP contribution in [0.2, 0.25) is 0 Å². The highest BCUT2D eigenvalue weighted by Crippen LogP contribution is 2.33. The van der Waals surface area contributed by atoms with E-state index in [1.165, 1.54) is 11.3 Å². The Morgan fingerprint density at radius 2 is 1.96 bits per heavy atom. The van der Waals surface area contributed by atoms with Crippen LogP contribution in [0.3, 0.4) is 0 Å². The minimum Gasteiger partial charge on any atom is -0.454 e. The molecule has 0 N–H and O–H groups in total. The minimum absolute atomic E-state index is 0.343. The highest BCUT2D eigenvalue weighted by atomic mass is 16.7. The van der Waals surface area contributed by atoms with Crippen LogP contribution in [0.5, 0.6) is 11.5 Å². The highest BCUT2D eigenvalue weighted by molar-refractivity contribution is 5.44. The van der Waals surface area contributed by atoms with Gasteiger partial charge in [0.25, 0.3) is 0 Å². The number of nitrogens with zero attached hydrogens (tertiary/aromatic N) is 3. The van der Waals surface area contributed by atoms with Crippen molar-refractivity contribution in [2.45, 2.75) is 33.2 Å². The molecule has 2 aliphatic rings. The second-order valence-corrected chi connectivity index (χ2v) is 7.24. The summed E-state index contributed by atoms with van der Waals surface area (Å²) in [5, 5.41) is 4.61. The van der Waals surface area contributed by atoms with E-state index in [0.717, 1.165) is 43.2 Å². The van der Waals surface area contributed by atoms with Crippen LogP contribution in [0, 0.1) is 19.8 Å². The fraction of sp³-hybridized carbons (Fsp3) is 0.526. The first kappa shape index (κ1) is 15.5. The van der Waals surface area contributed by atoms with E-state index >= 15 is 0 Å². The van der Waals surface area contributed by atoms with E-state index in [4.69, 9.17) is 9.47 Å². The number of benzene rings is 1. The standard InChI is InChI=1S/C19H25N3O2/c1-13(6-16-4-5-18-19(8-16)24-12-23-18)9-21-10-17(11-21)22-15(3)7-14(2)20-22/h4-5,7-8,13,17H,6,9-12H2,1-3H3/t13-/m0/s1. The number of hydrogen-bond donors (Lipinski definition) is 0. The molecule has 1 aromatic carbocycles. The van der Waals surface area contributed by atoms with Crippen LogP contribution in [-0.4, -0.2) is 41.1 Å². The van der Waals surface area contributed by atoms with E-state index in [1.54, 1.807) is 0 Å². The first-order valence-corrected chi connectivity index (χ1v) is 8.72. The van der Waals surface area contributed by atoms with Crippen molar-refractivity contribution >= 4 is 0 Å².